The lowest BCUT2D eigenvalue weighted by atomic mass is 10.0. The van der Waals surface area contributed by atoms with Crippen LogP contribution in [-0.4, -0.2) is 65.6 Å². The van der Waals surface area contributed by atoms with Gasteiger partial charge >= 0.3 is 6.09 Å². The van der Waals surface area contributed by atoms with Crippen LogP contribution < -0.4 is 25.2 Å². The number of nitrogens with one attached hydrogen (secondary N) is 2. The topological polar surface area (TPSA) is 157 Å². The highest BCUT2D eigenvalue weighted by Gasteiger charge is 2.25. The van der Waals surface area contributed by atoms with Crippen LogP contribution in [0.4, 0.5) is 27.9 Å². The Labute approximate surface area is 259 Å². The Balaban J connectivity index is 1.47. The molecule has 3 heterocycles. The molecule has 44 heavy (non-hydrogen) atoms. The lowest BCUT2D eigenvalue weighted by molar-refractivity contribution is 0.167. The van der Waals surface area contributed by atoms with Crippen molar-refractivity contribution in [2.45, 2.75) is 25.9 Å². The minimum atomic E-state index is -0.491. The van der Waals surface area contributed by atoms with Crippen molar-refractivity contribution in [2.24, 2.45) is 0 Å². The summed E-state index contributed by atoms with van der Waals surface area (Å²) in [6.07, 6.45) is 3.55. The van der Waals surface area contributed by atoms with Gasteiger partial charge in [0.15, 0.2) is 17.2 Å². The molecule has 1 atom stereocenters. The van der Waals surface area contributed by atoms with Gasteiger partial charge < -0.3 is 29.9 Å². The number of amides is 1. The summed E-state index contributed by atoms with van der Waals surface area (Å²) >= 11 is 6.92. The van der Waals surface area contributed by atoms with E-state index in [1.807, 2.05) is 47.4 Å². The van der Waals surface area contributed by atoms with E-state index in [4.69, 9.17) is 26.1 Å². The van der Waals surface area contributed by atoms with Crippen LogP contribution >= 0.6 is 11.6 Å². The van der Waals surface area contributed by atoms with Crippen molar-refractivity contribution >= 4 is 46.5 Å². The van der Waals surface area contributed by atoms with Crippen molar-refractivity contribution in [3.05, 3.63) is 70.9 Å². The fraction of sp³-hybridized carbons (Fsp3) is 0.300. The molecule has 5 rings (SSSR count). The summed E-state index contributed by atoms with van der Waals surface area (Å²) < 4.78 is 11.4. The number of fused-ring (bicyclic) bond motifs is 1. The summed E-state index contributed by atoms with van der Waals surface area (Å²) in [5, 5.41) is 30.4. The summed E-state index contributed by atoms with van der Waals surface area (Å²) in [6.45, 7) is 4.20. The van der Waals surface area contributed by atoms with E-state index < -0.39 is 6.09 Å². The Morgan fingerprint density at radius 1 is 1.20 bits per heavy atom. The van der Waals surface area contributed by atoms with Gasteiger partial charge in [-0.3, -0.25) is 0 Å². The zero-order valence-electron chi connectivity index (χ0n) is 24.4. The number of halogens is 1. The Kier molecular flexibility index (Phi) is 9.17. The van der Waals surface area contributed by atoms with Crippen LogP contribution in [0, 0.1) is 29.1 Å². The molecule has 1 saturated heterocycles. The first kappa shape index (κ1) is 30.2. The van der Waals surface area contributed by atoms with Crippen molar-refractivity contribution < 1.29 is 14.3 Å². The first-order chi connectivity index (χ1) is 21.4. The fourth-order valence-corrected chi connectivity index (χ4v) is 5.21. The highest BCUT2D eigenvalue weighted by molar-refractivity contribution is 6.36. The maximum Gasteiger partial charge on any atom is 0.407 e. The number of piperidine rings is 1. The zero-order valence-corrected chi connectivity index (χ0v) is 25.2. The number of hydrogen-bond acceptors (Lipinski definition) is 11. The summed E-state index contributed by atoms with van der Waals surface area (Å²) in [5.74, 6) is 1.45. The van der Waals surface area contributed by atoms with E-state index in [9.17, 15) is 15.3 Å². The number of nitrogens with zero attached hydrogens (tertiary/aromatic N) is 8. The van der Waals surface area contributed by atoms with E-state index >= 15 is 0 Å². The second-order valence-electron chi connectivity index (χ2n) is 9.92. The third kappa shape index (κ3) is 6.38. The SMILES string of the molecule is CCN(Cc1ccc(OC)cc1)c1nc(Nc2cc(C#N)cc(N3C[CH][C@@H](NC(=O)OC)CC3)c2Cl)nn2c(C#N)cnc12. The predicted molar refractivity (Wildman–Crippen MR) is 165 cm³/mol. The molecule has 0 spiro atoms. The van der Waals surface area contributed by atoms with Crippen LogP contribution in [0.5, 0.6) is 5.75 Å². The molecule has 2 aromatic carbocycles. The first-order valence-electron chi connectivity index (χ1n) is 13.8. The molecular weight excluding hydrogens is 584 g/mol. The normalized spacial score (nSPS) is 13.2. The lowest BCUT2D eigenvalue weighted by Gasteiger charge is -2.34. The molecule has 0 aliphatic carbocycles. The molecule has 4 aromatic rings. The van der Waals surface area contributed by atoms with Crippen molar-refractivity contribution in [1.29, 1.82) is 10.5 Å². The average molecular weight is 614 g/mol. The summed E-state index contributed by atoms with van der Waals surface area (Å²) in [5.41, 5.74) is 3.17. The van der Waals surface area contributed by atoms with E-state index in [2.05, 4.69) is 32.9 Å². The van der Waals surface area contributed by atoms with Crippen LogP contribution in [0.2, 0.25) is 5.02 Å². The molecule has 0 unspecified atom stereocenters. The minimum absolute atomic E-state index is 0.142. The average Bonchev–Trinajstić information content (AvgIpc) is 3.48. The quantitative estimate of drug-likeness (QED) is 0.275. The molecule has 0 bridgehead atoms. The van der Waals surface area contributed by atoms with Gasteiger partial charge in [0, 0.05) is 38.6 Å². The Bertz CT molecular complexity index is 1740. The van der Waals surface area contributed by atoms with Crippen LogP contribution in [0.1, 0.15) is 30.2 Å². The zero-order chi connectivity index (χ0) is 31.2. The van der Waals surface area contributed by atoms with E-state index in [0.29, 0.717) is 66.0 Å². The Morgan fingerprint density at radius 3 is 2.64 bits per heavy atom. The molecule has 1 radical (unpaired) electrons. The van der Waals surface area contributed by atoms with E-state index in [1.54, 1.807) is 19.2 Å². The third-order valence-corrected chi connectivity index (χ3v) is 7.65. The number of ether oxygens (including phenoxy) is 2. The van der Waals surface area contributed by atoms with Gasteiger partial charge in [-0.1, -0.05) is 23.7 Å². The van der Waals surface area contributed by atoms with E-state index in [-0.39, 0.29) is 17.7 Å². The van der Waals surface area contributed by atoms with Gasteiger partial charge in [0.25, 0.3) is 0 Å². The number of carbonyl (C=O) groups is 1. The second-order valence-corrected chi connectivity index (χ2v) is 10.3. The molecule has 225 valence electrons. The summed E-state index contributed by atoms with van der Waals surface area (Å²) in [6, 6.07) is 15.3. The number of benzene rings is 2. The number of carbonyl (C=O) groups excluding carboxylic acids is 1. The fourth-order valence-electron chi connectivity index (χ4n) is 4.93. The molecule has 2 N–H and O–H groups in total. The highest BCUT2D eigenvalue weighted by Crippen LogP contribution is 2.37. The van der Waals surface area contributed by atoms with Crippen LogP contribution in [0.3, 0.4) is 0 Å². The second kappa shape index (κ2) is 13.4. The van der Waals surface area contributed by atoms with Crippen LogP contribution in [0.15, 0.2) is 42.6 Å². The van der Waals surface area contributed by atoms with Gasteiger partial charge in [-0.2, -0.15) is 20.0 Å². The van der Waals surface area contributed by atoms with Crippen molar-refractivity contribution in [1.82, 2.24) is 24.9 Å². The third-order valence-electron chi connectivity index (χ3n) is 7.25. The Hall–Kier alpha value is -5.27. The van der Waals surface area contributed by atoms with Crippen LogP contribution in [-0.2, 0) is 11.3 Å². The van der Waals surface area contributed by atoms with Crippen molar-refractivity contribution in [3.63, 3.8) is 0 Å². The minimum Gasteiger partial charge on any atom is -0.497 e. The summed E-state index contributed by atoms with van der Waals surface area (Å²) in [4.78, 5) is 24.9. The van der Waals surface area contributed by atoms with Crippen molar-refractivity contribution in [2.75, 3.05) is 49.0 Å². The molecule has 14 heteroatoms. The Morgan fingerprint density at radius 2 is 2.00 bits per heavy atom. The van der Waals surface area contributed by atoms with Gasteiger partial charge in [0.05, 0.1) is 48.4 Å². The number of methoxy groups -OCH3 is 2. The molecular formula is C30H30ClN10O3. The number of hydrogen-bond donors (Lipinski definition) is 2. The van der Waals surface area contributed by atoms with Gasteiger partial charge in [0.1, 0.15) is 11.8 Å². The number of alkyl carbamates (subject to hydrolysis) is 1. The maximum absolute atomic E-state index is 11.6. The van der Waals surface area contributed by atoms with Gasteiger partial charge in [0.2, 0.25) is 5.95 Å². The number of rotatable bonds is 9. The molecule has 1 aliphatic heterocycles. The van der Waals surface area contributed by atoms with E-state index in [0.717, 1.165) is 11.3 Å². The highest BCUT2D eigenvalue weighted by atomic mass is 35.5. The van der Waals surface area contributed by atoms with Crippen molar-refractivity contribution in [3.8, 4) is 17.9 Å². The molecule has 1 fully saturated rings. The largest absolute Gasteiger partial charge is 0.497 e. The molecule has 1 amide bonds. The lowest BCUT2D eigenvalue weighted by Crippen LogP contribution is -2.45. The van der Waals surface area contributed by atoms with Gasteiger partial charge in [-0.25, -0.2) is 9.78 Å². The number of nitriles is 2. The van der Waals surface area contributed by atoms with Gasteiger partial charge in [-0.15, -0.1) is 5.10 Å². The molecule has 0 saturated carbocycles. The smallest absolute Gasteiger partial charge is 0.407 e. The molecule has 1 aliphatic rings. The van der Waals surface area contributed by atoms with E-state index in [1.165, 1.54) is 17.8 Å². The van der Waals surface area contributed by atoms with Crippen LogP contribution in [0.25, 0.3) is 5.65 Å². The first-order valence-corrected chi connectivity index (χ1v) is 14.2. The number of imidazole rings is 1. The molecule has 13 nitrogen and oxygen atoms in total. The number of anilines is 4. The standard InChI is InChI=1S/C30H30ClN10O3/c1-4-39(18-19-5-7-23(43-2)8-6-19)28-27-34-17-22(16-33)41(27)38-29(37-28)36-24-13-20(15-32)14-25(26(24)31)40-11-9-21(10-12-40)35-30(42)44-3/h5-9,13-14,17,21H,4,10-12,18H2,1-3H3,(H,35,42)(H,36,38)/t21-/m1/s1. The molecule has 2 aromatic heterocycles. The number of aromatic nitrogens is 4. The maximum atomic E-state index is 11.6. The summed E-state index contributed by atoms with van der Waals surface area (Å²) in [7, 11) is 2.95. The van der Waals surface area contributed by atoms with Gasteiger partial charge in [-0.05, 0) is 43.2 Å². The monoisotopic (exact) mass is 613 g/mol. The predicted octanol–water partition coefficient (Wildman–Crippen LogP) is 4.44.